The Bertz CT molecular complexity index is 693. The first-order valence-corrected chi connectivity index (χ1v) is 9.58. The van der Waals surface area contributed by atoms with Gasteiger partial charge in [-0.25, -0.2) is 13.2 Å². The van der Waals surface area contributed by atoms with Crippen LogP contribution < -0.4 is 5.32 Å². The lowest BCUT2D eigenvalue weighted by Crippen LogP contribution is -2.54. The predicted octanol–water partition coefficient (Wildman–Crippen LogP) is 1.17. The molecular formula is C14H17NO5S2. The summed E-state index contributed by atoms with van der Waals surface area (Å²) in [4.78, 5) is 23.8. The van der Waals surface area contributed by atoms with Crippen molar-refractivity contribution in [2.45, 2.75) is 23.8 Å². The van der Waals surface area contributed by atoms with Gasteiger partial charge >= 0.3 is 5.97 Å². The molecule has 0 saturated carbocycles. The Labute approximate surface area is 133 Å². The van der Waals surface area contributed by atoms with E-state index in [2.05, 4.69) is 5.32 Å². The minimum atomic E-state index is -3.41. The summed E-state index contributed by atoms with van der Waals surface area (Å²) in [6.07, 6.45) is 0.353. The molecule has 22 heavy (non-hydrogen) atoms. The number of rotatable bonds is 5. The molecule has 1 amide bonds. The van der Waals surface area contributed by atoms with Crippen molar-refractivity contribution >= 4 is 33.5 Å². The number of hydrogen-bond donors (Lipinski definition) is 2. The molecule has 120 valence electrons. The van der Waals surface area contributed by atoms with Crippen molar-refractivity contribution in [3.63, 3.8) is 0 Å². The second-order valence-corrected chi connectivity index (χ2v) is 8.46. The van der Waals surface area contributed by atoms with Gasteiger partial charge in [0.25, 0.3) is 5.91 Å². The summed E-state index contributed by atoms with van der Waals surface area (Å²) in [6, 6.07) is 5.66. The van der Waals surface area contributed by atoms with Crippen LogP contribution in [0.5, 0.6) is 0 Å². The van der Waals surface area contributed by atoms with Gasteiger partial charge in [0.2, 0.25) is 0 Å². The SMILES string of the molecule is CCS(=O)(=O)c1cccc(C(=O)NC2(C(=O)O)CCSC2)c1. The Morgan fingerprint density at radius 2 is 2.14 bits per heavy atom. The molecule has 0 spiro atoms. The van der Waals surface area contributed by atoms with Gasteiger partial charge in [0.1, 0.15) is 5.54 Å². The lowest BCUT2D eigenvalue weighted by molar-refractivity contribution is -0.143. The van der Waals surface area contributed by atoms with Crippen LogP contribution in [0.3, 0.4) is 0 Å². The molecular weight excluding hydrogens is 326 g/mol. The van der Waals surface area contributed by atoms with Crippen LogP contribution >= 0.6 is 11.8 Å². The maximum Gasteiger partial charge on any atom is 0.330 e. The molecule has 1 atom stereocenters. The van der Waals surface area contributed by atoms with Crippen LogP contribution in [-0.2, 0) is 14.6 Å². The van der Waals surface area contributed by atoms with Crippen molar-refractivity contribution in [1.82, 2.24) is 5.32 Å². The third-order valence-electron chi connectivity index (χ3n) is 3.62. The Kier molecular flexibility index (Phi) is 4.81. The van der Waals surface area contributed by atoms with E-state index < -0.39 is 27.3 Å². The molecule has 1 aliphatic heterocycles. The number of nitrogens with one attached hydrogen (secondary N) is 1. The first kappa shape index (κ1) is 16.8. The molecule has 8 heteroatoms. The molecule has 0 aromatic heterocycles. The summed E-state index contributed by atoms with van der Waals surface area (Å²) in [7, 11) is -3.41. The van der Waals surface area contributed by atoms with E-state index in [0.29, 0.717) is 17.9 Å². The van der Waals surface area contributed by atoms with E-state index in [-0.39, 0.29) is 16.2 Å². The predicted molar refractivity (Wildman–Crippen MR) is 83.9 cm³/mol. The smallest absolute Gasteiger partial charge is 0.330 e. The van der Waals surface area contributed by atoms with Crippen molar-refractivity contribution in [2.75, 3.05) is 17.3 Å². The summed E-state index contributed by atoms with van der Waals surface area (Å²) >= 11 is 1.47. The number of carboxylic acid groups (broad SMARTS) is 1. The number of benzene rings is 1. The fourth-order valence-corrected chi connectivity index (χ4v) is 4.42. The number of thioether (sulfide) groups is 1. The number of amides is 1. The molecule has 1 aromatic rings. The highest BCUT2D eigenvalue weighted by molar-refractivity contribution is 7.99. The molecule has 1 unspecified atom stereocenters. The molecule has 0 bridgehead atoms. The van der Waals surface area contributed by atoms with Crippen molar-refractivity contribution in [3.05, 3.63) is 29.8 Å². The van der Waals surface area contributed by atoms with E-state index in [9.17, 15) is 23.1 Å². The Balaban J connectivity index is 2.27. The number of hydrogen-bond acceptors (Lipinski definition) is 5. The third kappa shape index (κ3) is 3.27. The van der Waals surface area contributed by atoms with E-state index >= 15 is 0 Å². The van der Waals surface area contributed by atoms with Crippen molar-refractivity contribution in [2.24, 2.45) is 0 Å². The van der Waals surface area contributed by atoms with Gasteiger partial charge in [-0.2, -0.15) is 11.8 Å². The van der Waals surface area contributed by atoms with Crippen LogP contribution in [0.25, 0.3) is 0 Å². The highest BCUT2D eigenvalue weighted by atomic mass is 32.2. The van der Waals surface area contributed by atoms with Gasteiger partial charge in [0.05, 0.1) is 10.6 Å². The molecule has 1 heterocycles. The first-order valence-electron chi connectivity index (χ1n) is 6.77. The van der Waals surface area contributed by atoms with E-state index in [4.69, 9.17) is 0 Å². The van der Waals surface area contributed by atoms with E-state index in [1.807, 2.05) is 0 Å². The molecule has 0 radical (unpaired) electrons. The van der Waals surface area contributed by atoms with Gasteiger partial charge in [0.15, 0.2) is 9.84 Å². The summed E-state index contributed by atoms with van der Waals surface area (Å²) < 4.78 is 23.7. The van der Waals surface area contributed by atoms with Gasteiger partial charge in [-0.1, -0.05) is 13.0 Å². The Morgan fingerprint density at radius 1 is 1.41 bits per heavy atom. The highest BCUT2D eigenvalue weighted by Crippen LogP contribution is 2.28. The quantitative estimate of drug-likeness (QED) is 0.832. The van der Waals surface area contributed by atoms with Crippen LogP contribution in [-0.4, -0.2) is 48.2 Å². The fourth-order valence-electron chi connectivity index (χ4n) is 2.17. The lowest BCUT2D eigenvalue weighted by atomic mass is 9.98. The summed E-state index contributed by atoms with van der Waals surface area (Å²) in [5.74, 6) is -0.729. The number of sulfone groups is 1. The van der Waals surface area contributed by atoms with Gasteiger partial charge in [-0.3, -0.25) is 4.79 Å². The average molecular weight is 343 g/mol. The average Bonchev–Trinajstić information content (AvgIpc) is 2.97. The molecule has 1 aliphatic rings. The van der Waals surface area contributed by atoms with Crippen molar-refractivity contribution in [3.8, 4) is 0 Å². The van der Waals surface area contributed by atoms with Crippen LogP contribution in [0.15, 0.2) is 29.2 Å². The van der Waals surface area contributed by atoms with Crippen LogP contribution in [0, 0.1) is 0 Å². The number of carbonyl (C=O) groups is 2. The second kappa shape index (κ2) is 6.29. The molecule has 1 saturated heterocycles. The molecule has 0 aliphatic carbocycles. The van der Waals surface area contributed by atoms with Crippen LogP contribution in [0.4, 0.5) is 0 Å². The standard InChI is InChI=1S/C14H17NO5S2/c1-2-22(19,20)11-5-3-4-10(8-11)12(16)15-14(13(17)18)6-7-21-9-14/h3-5,8H,2,6-7,9H2,1H3,(H,15,16)(H,17,18). The van der Waals surface area contributed by atoms with Gasteiger partial charge in [-0.05, 0) is 30.4 Å². The monoisotopic (exact) mass is 343 g/mol. The largest absolute Gasteiger partial charge is 0.479 e. The number of aliphatic carboxylic acids is 1. The zero-order valence-electron chi connectivity index (χ0n) is 12.0. The van der Waals surface area contributed by atoms with Crippen molar-refractivity contribution < 1.29 is 23.1 Å². The zero-order valence-corrected chi connectivity index (χ0v) is 13.7. The minimum absolute atomic E-state index is 0.0617. The van der Waals surface area contributed by atoms with E-state index in [1.165, 1.54) is 43.0 Å². The van der Waals surface area contributed by atoms with E-state index in [0.717, 1.165) is 0 Å². The Hall–Kier alpha value is -1.54. The molecule has 6 nitrogen and oxygen atoms in total. The van der Waals surface area contributed by atoms with Gasteiger partial charge < -0.3 is 10.4 Å². The number of carbonyl (C=O) groups excluding carboxylic acids is 1. The maximum absolute atomic E-state index is 12.3. The second-order valence-electron chi connectivity index (χ2n) is 5.08. The third-order valence-corrected chi connectivity index (χ3v) is 6.54. The molecule has 1 aromatic carbocycles. The van der Waals surface area contributed by atoms with Crippen LogP contribution in [0.2, 0.25) is 0 Å². The normalized spacial score (nSPS) is 21.5. The van der Waals surface area contributed by atoms with Crippen molar-refractivity contribution in [1.29, 1.82) is 0 Å². The van der Waals surface area contributed by atoms with Gasteiger partial charge in [-0.15, -0.1) is 0 Å². The Morgan fingerprint density at radius 3 is 2.68 bits per heavy atom. The minimum Gasteiger partial charge on any atom is -0.479 e. The molecule has 1 fully saturated rings. The molecule has 2 N–H and O–H groups in total. The maximum atomic E-state index is 12.3. The lowest BCUT2D eigenvalue weighted by Gasteiger charge is -2.24. The number of carboxylic acids is 1. The van der Waals surface area contributed by atoms with Crippen LogP contribution in [0.1, 0.15) is 23.7 Å². The molecule has 2 rings (SSSR count). The first-order chi connectivity index (χ1) is 10.3. The topological polar surface area (TPSA) is 101 Å². The van der Waals surface area contributed by atoms with Gasteiger partial charge in [0, 0.05) is 11.3 Å². The highest BCUT2D eigenvalue weighted by Gasteiger charge is 2.43. The zero-order chi connectivity index (χ0) is 16.4. The van der Waals surface area contributed by atoms with E-state index in [1.54, 1.807) is 0 Å². The summed E-state index contributed by atoms with van der Waals surface area (Å²) in [6.45, 7) is 1.53. The summed E-state index contributed by atoms with van der Waals surface area (Å²) in [5.41, 5.74) is -1.13. The summed E-state index contributed by atoms with van der Waals surface area (Å²) in [5, 5.41) is 11.9. The fraction of sp³-hybridized carbons (Fsp3) is 0.429.